The maximum absolute atomic E-state index is 5.83. The Kier molecular flexibility index (Phi) is 12.3. The second-order valence-corrected chi connectivity index (χ2v) is 4.84. The molecule has 0 aromatic rings. The molecule has 3 N–H and O–H groups in total. The van der Waals surface area contributed by atoms with Crippen molar-refractivity contribution in [2.45, 2.75) is 58.9 Å². The molecule has 1 saturated heterocycles. The number of piperidine rings is 1. The van der Waals surface area contributed by atoms with Crippen molar-refractivity contribution in [2.24, 2.45) is 5.73 Å². The molecule has 0 aromatic carbocycles. The van der Waals surface area contributed by atoms with Crippen molar-refractivity contribution in [2.75, 3.05) is 32.7 Å². The molecule has 0 saturated carbocycles. The lowest BCUT2D eigenvalue weighted by Crippen LogP contribution is -2.39. The van der Waals surface area contributed by atoms with Gasteiger partial charge in [0.1, 0.15) is 0 Å². The van der Waals surface area contributed by atoms with Crippen molar-refractivity contribution in [1.82, 2.24) is 10.2 Å². The number of unbranched alkanes of at least 4 members (excludes halogenated alkanes) is 2. The first kappa shape index (κ1) is 16.9. The highest BCUT2D eigenvalue weighted by atomic mass is 15.1. The van der Waals surface area contributed by atoms with Gasteiger partial charge in [0.25, 0.3) is 0 Å². The molecule has 17 heavy (non-hydrogen) atoms. The summed E-state index contributed by atoms with van der Waals surface area (Å²) >= 11 is 0. The summed E-state index contributed by atoms with van der Waals surface area (Å²) < 4.78 is 0. The van der Waals surface area contributed by atoms with E-state index in [1.165, 1.54) is 51.7 Å². The Hall–Kier alpha value is -0.120. The second-order valence-electron chi connectivity index (χ2n) is 4.84. The number of nitrogens with one attached hydrogen (secondary N) is 1. The van der Waals surface area contributed by atoms with E-state index in [1.807, 2.05) is 0 Å². The molecule has 0 amide bonds. The van der Waals surface area contributed by atoms with E-state index in [9.17, 15) is 0 Å². The standard InChI is InChI=1S/C10H22N2.C4H11N/c1-2-3-4-7-12-8-5-10(11)6-9-12;1-3-5-4-2/h10H,2-9,11H2,1H3;5H,3-4H2,1-2H3. The first-order valence-corrected chi connectivity index (χ1v) is 7.43. The first-order valence-electron chi connectivity index (χ1n) is 7.43. The van der Waals surface area contributed by atoms with E-state index in [0.29, 0.717) is 6.04 Å². The zero-order chi connectivity index (χ0) is 12.9. The van der Waals surface area contributed by atoms with Gasteiger partial charge in [0.15, 0.2) is 0 Å². The van der Waals surface area contributed by atoms with Crippen LogP contribution in [-0.4, -0.2) is 43.7 Å². The monoisotopic (exact) mass is 243 g/mol. The van der Waals surface area contributed by atoms with E-state index in [4.69, 9.17) is 5.73 Å². The van der Waals surface area contributed by atoms with E-state index < -0.39 is 0 Å². The summed E-state index contributed by atoms with van der Waals surface area (Å²) in [4.78, 5) is 2.55. The summed E-state index contributed by atoms with van der Waals surface area (Å²) in [6.07, 6.45) is 6.47. The van der Waals surface area contributed by atoms with Gasteiger partial charge in [-0.15, -0.1) is 0 Å². The van der Waals surface area contributed by atoms with Crippen molar-refractivity contribution in [3.05, 3.63) is 0 Å². The number of nitrogens with two attached hydrogens (primary N) is 1. The van der Waals surface area contributed by atoms with Gasteiger partial charge in [0.2, 0.25) is 0 Å². The lowest BCUT2D eigenvalue weighted by Gasteiger charge is -2.29. The average Bonchev–Trinajstić information content (AvgIpc) is 2.34. The van der Waals surface area contributed by atoms with Crippen molar-refractivity contribution in [1.29, 1.82) is 0 Å². The minimum Gasteiger partial charge on any atom is -0.328 e. The largest absolute Gasteiger partial charge is 0.328 e. The highest BCUT2D eigenvalue weighted by Crippen LogP contribution is 2.09. The van der Waals surface area contributed by atoms with Crippen molar-refractivity contribution in [3.63, 3.8) is 0 Å². The Labute approximate surface area is 108 Å². The average molecular weight is 243 g/mol. The molecule has 0 radical (unpaired) electrons. The van der Waals surface area contributed by atoms with Crippen LogP contribution in [0.1, 0.15) is 52.9 Å². The molecule has 0 atom stereocenters. The van der Waals surface area contributed by atoms with Crippen LogP contribution in [0.5, 0.6) is 0 Å². The Morgan fingerprint density at radius 3 is 2.06 bits per heavy atom. The fraction of sp³-hybridized carbons (Fsp3) is 1.00. The Bertz CT molecular complexity index is 140. The molecule has 0 aliphatic carbocycles. The highest BCUT2D eigenvalue weighted by Gasteiger charge is 2.14. The maximum Gasteiger partial charge on any atom is 0.00631 e. The summed E-state index contributed by atoms with van der Waals surface area (Å²) in [5.74, 6) is 0. The third-order valence-electron chi connectivity index (χ3n) is 3.21. The maximum atomic E-state index is 5.83. The zero-order valence-corrected chi connectivity index (χ0v) is 12.2. The van der Waals surface area contributed by atoms with Crippen LogP contribution in [-0.2, 0) is 0 Å². The molecule has 1 fully saturated rings. The van der Waals surface area contributed by atoms with Crippen molar-refractivity contribution >= 4 is 0 Å². The molecule has 0 unspecified atom stereocenters. The predicted octanol–water partition coefficient (Wildman–Crippen LogP) is 2.22. The minimum atomic E-state index is 0.479. The van der Waals surface area contributed by atoms with Gasteiger partial charge in [0.05, 0.1) is 0 Å². The van der Waals surface area contributed by atoms with Gasteiger partial charge in [-0.1, -0.05) is 33.6 Å². The van der Waals surface area contributed by atoms with Crippen LogP contribution >= 0.6 is 0 Å². The zero-order valence-electron chi connectivity index (χ0n) is 12.2. The molecule has 1 rings (SSSR count). The molecule has 1 aliphatic heterocycles. The Morgan fingerprint density at radius 2 is 1.65 bits per heavy atom. The van der Waals surface area contributed by atoms with Crippen molar-refractivity contribution < 1.29 is 0 Å². The fourth-order valence-corrected chi connectivity index (χ4v) is 2.01. The van der Waals surface area contributed by atoms with Crippen LogP contribution < -0.4 is 11.1 Å². The number of likely N-dealkylation sites (tertiary alicyclic amines) is 1. The summed E-state index contributed by atoms with van der Waals surface area (Å²) in [5.41, 5.74) is 5.83. The Morgan fingerprint density at radius 1 is 1.06 bits per heavy atom. The Balaban J connectivity index is 0.000000437. The van der Waals surface area contributed by atoms with Gasteiger partial charge in [0, 0.05) is 6.04 Å². The van der Waals surface area contributed by atoms with Gasteiger partial charge >= 0.3 is 0 Å². The van der Waals surface area contributed by atoms with E-state index >= 15 is 0 Å². The molecule has 3 nitrogen and oxygen atoms in total. The van der Waals surface area contributed by atoms with Crippen LogP contribution in [0.2, 0.25) is 0 Å². The third-order valence-corrected chi connectivity index (χ3v) is 3.21. The van der Waals surface area contributed by atoms with Crippen LogP contribution in [0, 0.1) is 0 Å². The number of rotatable bonds is 6. The molecular formula is C14H33N3. The predicted molar refractivity (Wildman–Crippen MR) is 77.4 cm³/mol. The van der Waals surface area contributed by atoms with Gasteiger partial charge < -0.3 is 16.0 Å². The van der Waals surface area contributed by atoms with E-state index in [2.05, 4.69) is 31.0 Å². The normalized spacial score (nSPS) is 17.6. The molecule has 0 bridgehead atoms. The second kappa shape index (κ2) is 12.3. The van der Waals surface area contributed by atoms with Gasteiger partial charge in [-0.25, -0.2) is 0 Å². The molecule has 104 valence electrons. The topological polar surface area (TPSA) is 41.3 Å². The van der Waals surface area contributed by atoms with Crippen molar-refractivity contribution in [3.8, 4) is 0 Å². The lowest BCUT2D eigenvalue weighted by atomic mass is 10.1. The van der Waals surface area contributed by atoms with E-state index in [0.717, 1.165) is 13.1 Å². The molecule has 1 heterocycles. The van der Waals surface area contributed by atoms with Crippen LogP contribution in [0.25, 0.3) is 0 Å². The molecule has 3 heteroatoms. The molecule has 0 aromatic heterocycles. The summed E-state index contributed by atoms with van der Waals surface area (Å²) in [6.45, 7) is 12.4. The quantitative estimate of drug-likeness (QED) is 0.703. The van der Waals surface area contributed by atoms with Crippen LogP contribution in [0.4, 0.5) is 0 Å². The molecular weight excluding hydrogens is 210 g/mol. The van der Waals surface area contributed by atoms with E-state index in [-0.39, 0.29) is 0 Å². The summed E-state index contributed by atoms with van der Waals surface area (Å²) in [7, 11) is 0. The number of hydrogen-bond donors (Lipinski definition) is 2. The summed E-state index contributed by atoms with van der Waals surface area (Å²) in [5, 5.41) is 3.11. The van der Waals surface area contributed by atoms with Crippen LogP contribution in [0.3, 0.4) is 0 Å². The lowest BCUT2D eigenvalue weighted by molar-refractivity contribution is 0.209. The smallest absolute Gasteiger partial charge is 0.00631 e. The first-order chi connectivity index (χ1) is 8.24. The number of nitrogens with zero attached hydrogens (tertiary/aromatic N) is 1. The van der Waals surface area contributed by atoms with E-state index in [1.54, 1.807) is 0 Å². The van der Waals surface area contributed by atoms with Crippen LogP contribution in [0.15, 0.2) is 0 Å². The van der Waals surface area contributed by atoms with Gasteiger partial charge in [-0.3, -0.25) is 0 Å². The third kappa shape index (κ3) is 10.7. The fourth-order valence-electron chi connectivity index (χ4n) is 2.01. The van der Waals surface area contributed by atoms with Gasteiger partial charge in [-0.2, -0.15) is 0 Å². The molecule has 0 spiro atoms. The minimum absolute atomic E-state index is 0.479. The summed E-state index contributed by atoms with van der Waals surface area (Å²) in [6, 6.07) is 0.479. The number of hydrogen-bond acceptors (Lipinski definition) is 3. The SMILES string of the molecule is CCCCCN1CCC(N)CC1.CCNCC. The highest BCUT2D eigenvalue weighted by molar-refractivity contribution is 4.73. The van der Waals surface area contributed by atoms with Gasteiger partial charge in [-0.05, 0) is 52.0 Å². The molecule has 1 aliphatic rings.